The fourth-order valence-corrected chi connectivity index (χ4v) is 2.69. The van der Waals surface area contributed by atoms with E-state index in [-0.39, 0.29) is 5.82 Å². The molecular formula is C17H23FN4O2. The number of benzene rings is 1. The molecule has 1 fully saturated rings. The number of morpholine rings is 1. The Hall–Kier alpha value is -1.83. The molecule has 1 aliphatic heterocycles. The van der Waals surface area contributed by atoms with Gasteiger partial charge in [0.15, 0.2) is 5.82 Å². The molecule has 1 aliphatic rings. The topological polar surface area (TPSA) is 54.6 Å². The Bertz CT molecular complexity index is 643. The summed E-state index contributed by atoms with van der Waals surface area (Å²) in [7, 11) is 2.03. The molecule has 6 nitrogen and oxygen atoms in total. The molecule has 0 amide bonds. The van der Waals surface area contributed by atoms with Crippen LogP contribution in [0.25, 0.3) is 0 Å². The SMILES string of the molecule is CN(CCN1CCOCC1)Cc1nc(Cc2ccccc2F)no1. The number of ether oxygens (including phenoxy) is 1. The van der Waals surface area contributed by atoms with Crippen molar-refractivity contribution >= 4 is 0 Å². The fraction of sp³-hybridized carbons (Fsp3) is 0.529. The van der Waals surface area contributed by atoms with Crippen LogP contribution in [0.15, 0.2) is 28.8 Å². The lowest BCUT2D eigenvalue weighted by molar-refractivity contribution is 0.0338. The zero-order valence-electron chi connectivity index (χ0n) is 13.9. The van der Waals surface area contributed by atoms with Crippen LogP contribution in [0.5, 0.6) is 0 Å². The second-order valence-corrected chi connectivity index (χ2v) is 6.06. The van der Waals surface area contributed by atoms with Crippen molar-refractivity contribution in [2.45, 2.75) is 13.0 Å². The van der Waals surface area contributed by atoms with E-state index in [1.807, 2.05) is 7.05 Å². The van der Waals surface area contributed by atoms with E-state index in [2.05, 4.69) is 19.9 Å². The van der Waals surface area contributed by atoms with Gasteiger partial charge in [0.05, 0.1) is 19.8 Å². The first kappa shape index (κ1) is 17.0. The highest BCUT2D eigenvalue weighted by atomic mass is 19.1. The molecule has 1 saturated heterocycles. The highest BCUT2D eigenvalue weighted by Crippen LogP contribution is 2.11. The van der Waals surface area contributed by atoms with Gasteiger partial charge in [0.2, 0.25) is 5.89 Å². The van der Waals surface area contributed by atoms with Gasteiger partial charge in [-0.05, 0) is 18.7 Å². The molecule has 1 aromatic carbocycles. The van der Waals surface area contributed by atoms with Gasteiger partial charge in [-0.3, -0.25) is 9.80 Å². The van der Waals surface area contributed by atoms with Crippen LogP contribution >= 0.6 is 0 Å². The van der Waals surface area contributed by atoms with Crippen molar-refractivity contribution in [1.82, 2.24) is 19.9 Å². The van der Waals surface area contributed by atoms with E-state index < -0.39 is 0 Å². The molecule has 0 atom stereocenters. The Morgan fingerprint density at radius 2 is 2.04 bits per heavy atom. The maximum Gasteiger partial charge on any atom is 0.240 e. The number of nitrogens with zero attached hydrogens (tertiary/aromatic N) is 4. The lowest BCUT2D eigenvalue weighted by Crippen LogP contribution is -2.40. The van der Waals surface area contributed by atoms with Crippen LogP contribution < -0.4 is 0 Å². The van der Waals surface area contributed by atoms with Crippen LogP contribution in [-0.4, -0.2) is 66.4 Å². The number of hydrogen-bond donors (Lipinski definition) is 0. The quantitative estimate of drug-likeness (QED) is 0.766. The predicted octanol–water partition coefficient (Wildman–Crippen LogP) is 1.56. The molecule has 2 heterocycles. The first-order chi connectivity index (χ1) is 11.7. The zero-order chi connectivity index (χ0) is 16.8. The normalized spacial score (nSPS) is 16.0. The highest BCUT2D eigenvalue weighted by molar-refractivity contribution is 5.20. The third-order valence-electron chi connectivity index (χ3n) is 4.12. The molecule has 2 aromatic rings. The molecule has 0 spiro atoms. The smallest absolute Gasteiger partial charge is 0.240 e. The van der Waals surface area contributed by atoms with Gasteiger partial charge in [-0.2, -0.15) is 4.98 Å². The third kappa shape index (κ3) is 4.83. The number of hydrogen-bond acceptors (Lipinski definition) is 6. The van der Waals surface area contributed by atoms with Crippen LogP contribution in [0.4, 0.5) is 4.39 Å². The van der Waals surface area contributed by atoms with Crippen molar-refractivity contribution in [3.05, 3.63) is 47.4 Å². The van der Waals surface area contributed by atoms with Crippen molar-refractivity contribution in [1.29, 1.82) is 0 Å². The summed E-state index contributed by atoms with van der Waals surface area (Å²) in [6, 6.07) is 6.65. The molecule has 0 unspecified atom stereocenters. The molecular weight excluding hydrogens is 311 g/mol. The second-order valence-electron chi connectivity index (χ2n) is 6.06. The standard InChI is InChI=1S/C17H23FN4O2/c1-21(6-7-22-8-10-23-11-9-22)13-17-19-16(20-24-17)12-14-4-2-3-5-15(14)18/h2-5H,6-13H2,1H3. The number of halogens is 1. The van der Waals surface area contributed by atoms with Crippen molar-refractivity contribution in [3.8, 4) is 0 Å². The van der Waals surface area contributed by atoms with E-state index in [0.29, 0.717) is 30.2 Å². The van der Waals surface area contributed by atoms with Gasteiger partial charge < -0.3 is 9.26 Å². The zero-order valence-corrected chi connectivity index (χ0v) is 13.9. The molecule has 24 heavy (non-hydrogen) atoms. The largest absolute Gasteiger partial charge is 0.379 e. The van der Waals surface area contributed by atoms with Crippen molar-refractivity contribution in [2.75, 3.05) is 46.4 Å². The monoisotopic (exact) mass is 334 g/mol. The lowest BCUT2D eigenvalue weighted by Gasteiger charge is -2.28. The third-order valence-corrected chi connectivity index (χ3v) is 4.12. The Morgan fingerprint density at radius 3 is 2.83 bits per heavy atom. The minimum Gasteiger partial charge on any atom is -0.379 e. The first-order valence-electron chi connectivity index (χ1n) is 8.24. The van der Waals surface area contributed by atoms with Crippen LogP contribution in [0.1, 0.15) is 17.3 Å². The summed E-state index contributed by atoms with van der Waals surface area (Å²) < 4.78 is 24.3. The molecule has 0 saturated carbocycles. The Balaban J connectivity index is 1.47. The van der Waals surface area contributed by atoms with E-state index >= 15 is 0 Å². The average molecular weight is 334 g/mol. The van der Waals surface area contributed by atoms with Gasteiger partial charge in [0, 0.05) is 32.6 Å². The molecule has 0 radical (unpaired) electrons. The van der Waals surface area contributed by atoms with Crippen molar-refractivity contribution in [3.63, 3.8) is 0 Å². The minimum absolute atomic E-state index is 0.244. The lowest BCUT2D eigenvalue weighted by atomic mass is 10.1. The van der Waals surface area contributed by atoms with Crippen LogP contribution in [0, 0.1) is 5.82 Å². The molecule has 1 aromatic heterocycles. The van der Waals surface area contributed by atoms with E-state index in [1.165, 1.54) is 6.07 Å². The molecule has 0 bridgehead atoms. The summed E-state index contributed by atoms with van der Waals surface area (Å²) in [6.07, 6.45) is 0.341. The fourth-order valence-electron chi connectivity index (χ4n) is 2.69. The Morgan fingerprint density at radius 1 is 1.25 bits per heavy atom. The van der Waals surface area contributed by atoms with Gasteiger partial charge in [-0.1, -0.05) is 23.4 Å². The van der Waals surface area contributed by atoms with Gasteiger partial charge in [0.1, 0.15) is 5.82 Å². The number of rotatable bonds is 7. The maximum atomic E-state index is 13.7. The van der Waals surface area contributed by atoms with E-state index in [1.54, 1.807) is 18.2 Å². The molecule has 0 aliphatic carbocycles. The molecule has 7 heteroatoms. The van der Waals surface area contributed by atoms with E-state index in [4.69, 9.17) is 9.26 Å². The average Bonchev–Trinajstić information content (AvgIpc) is 3.03. The second kappa shape index (κ2) is 8.32. The molecule has 130 valence electrons. The van der Waals surface area contributed by atoms with Crippen LogP contribution in [0.3, 0.4) is 0 Å². The Labute approximate surface area is 141 Å². The number of aromatic nitrogens is 2. The summed E-state index contributed by atoms with van der Waals surface area (Å²) in [5.41, 5.74) is 0.575. The molecule has 3 rings (SSSR count). The van der Waals surface area contributed by atoms with Gasteiger partial charge in [-0.25, -0.2) is 4.39 Å². The van der Waals surface area contributed by atoms with Crippen LogP contribution in [0.2, 0.25) is 0 Å². The summed E-state index contributed by atoms with van der Waals surface area (Å²) in [5.74, 6) is 0.828. The van der Waals surface area contributed by atoms with E-state index in [0.717, 1.165) is 39.4 Å². The first-order valence-corrected chi connectivity index (χ1v) is 8.24. The maximum absolute atomic E-state index is 13.7. The van der Waals surface area contributed by atoms with Crippen molar-refractivity contribution in [2.24, 2.45) is 0 Å². The van der Waals surface area contributed by atoms with Crippen molar-refractivity contribution < 1.29 is 13.7 Å². The minimum atomic E-state index is -0.244. The summed E-state index contributed by atoms with van der Waals surface area (Å²) in [4.78, 5) is 8.90. The Kier molecular flexibility index (Phi) is 5.90. The van der Waals surface area contributed by atoms with Crippen LogP contribution in [-0.2, 0) is 17.7 Å². The highest BCUT2D eigenvalue weighted by Gasteiger charge is 2.14. The summed E-state index contributed by atoms with van der Waals surface area (Å²) >= 11 is 0. The van der Waals surface area contributed by atoms with Gasteiger partial charge >= 0.3 is 0 Å². The van der Waals surface area contributed by atoms with E-state index in [9.17, 15) is 4.39 Å². The molecule has 0 N–H and O–H groups in total. The predicted molar refractivity (Wildman–Crippen MR) is 87.1 cm³/mol. The summed E-state index contributed by atoms with van der Waals surface area (Å²) in [6.45, 7) is 6.11. The van der Waals surface area contributed by atoms with Gasteiger partial charge in [-0.15, -0.1) is 0 Å². The van der Waals surface area contributed by atoms with Gasteiger partial charge in [0.25, 0.3) is 0 Å². The summed E-state index contributed by atoms with van der Waals surface area (Å²) in [5, 5.41) is 3.95. The number of likely N-dealkylation sites (N-methyl/N-ethyl adjacent to an activating group) is 1.